The Balaban J connectivity index is 1.92. The number of carbonyl (C=O) groups is 1. The Morgan fingerprint density at radius 1 is 1.48 bits per heavy atom. The van der Waals surface area contributed by atoms with E-state index >= 15 is 0 Å². The van der Waals surface area contributed by atoms with Crippen LogP contribution >= 0.6 is 0 Å². The van der Waals surface area contributed by atoms with Crippen molar-refractivity contribution >= 4 is 6.03 Å². The van der Waals surface area contributed by atoms with E-state index in [0.29, 0.717) is 12.5 Å². The Morgan fingerprint density at radius 3 is 2.76 bits per heavy atom. The number of urea groups is 1. The van der Waals surface area contributed by atoms with E-state index in [4.69, 9.17) is 4.74 Å². The largest absolute Gasteiger partial charge is 0.496 e. The van der Waals surface area contributed by atoms with Crippen molar-refractivity contribution in [3.8, 4) is 5.75 Å². The third-order valence-electron chi connectivity index (χ3n) is 4.09. The van der Waals surface area contributed by atoms with E-state index in [9.17, 15) is 9.90 Å². The normalized spacial score (nSPS) is 17.0. The molecule has 5 heteroatoms. The van der Waals surface area contributed by atoms with Crippen molar-refractivity contribution in [2.24, 2.45) is 5.92 Å². The summed E-state index contributed by atoms with van der Waals surface area (Å²) in [6, 6.07) is 5.61. The van der Waals surface area contributed by atoms with Crippen molar-refractivity contribution in [3.63, 3.8) is 0 Å². The molecule has 1 aromatic rings. The maximum Gasteiger partial charge on any atom is 0.315 e. The second-order valence-electron chi connectivity index (χ2n) is 5.97. The van der Waals surface area contributed by atoms with E-state index in [1.807, 2.05) is 32.0 Å². The Bertz CT molecular complexity index is 514. The summed E-state index contributed by atoms with van der Waals surface area (Å²) in [6.07, 6.45) is 2.12. The summed E-state index contributed by atoms with van der Waals surface area (Å²) in [5.74, 6) is 1.14. The number of amides is 2. The van der Waals surface area contributed by atoms with Gasteiger partial charge < -0.3 is 20.5 Å². The van der Waals surface area contributed by atoms with Gasteiger partial charge in [0.2, 0.25) is 0 Å². The lowest BCUT2D eigenvalue weighted by atomic mass is 9.97. The lowest BCUT2D eigenvalue weighted by Gasteiger charge is -2.28. The van der Waals surface area contributed by atoms with E-state index in [-0.39, 0.29) is 12.6 Å². The summed E-state index contributed by atoms with van der Waals surface area (Å²) in [7, 11) is 1.62. The van der Waals surface area contributed by atoms with Crippen LogP contribution in [0.5, 0.6) is 5.75 Å². The monoisotopic (exact) mass is 292 g/mol. The van der Waals surface area contributed by atoms with Gasteiger partial charge in [-0.1, -0.05) is 12.1 Å². The Hall–Kier alpha value is -1.75. The topological polar surface area (TPSA) is 70.6 Å². The van der Waals surface area contributed by atoms with Gasteiger partial charge in [-0.15, -0.1) is 0 Å². The van der Waals surface area contributed by atoms with Crippen molar-refractivity contribution in [2.75, 3.05) is 13.7 Å². The van der Waals surface area contributed by atoms with Crippen LogP contribution in [0.4, 0.5) is 4.79 Å². The van der Waals surface area contributed by atoms with Crippen LogP contribution in [0.1, 0.15) is 30.9 Å². The first-order chi connectivity index (χ1) is 9.98. The van der Waals surface area contributed by atoms with Crippen LogP contribution in [-0.4, -0.2) is 30.4 Å². The Kier molecular flexibility index (Phi) is 4.73. The van der Waals surface area contributed by atoms with Crippen LogP contribution in [0, 0.1) is 12.8 Å². The van der Waals surface area contributed by atoms with Crippen LogP contribution in [-0.2, 0) is 6.54 Å². The summed E-state index contributed by atoms with van der Waals surface area (Å²) in [5, 5.41) is 15.2. The molecule has 0 radical (unpaired) electrons. The zero-order valence-corrected chi connectivity index (χ0v) is 12.9. The van der Waals surface area contributed by atoms with Gasteiger partial charge in [0, 0.05) is 12.1 Å². The fourth-order valence-corrected chi connectivity index (χ4v) is 2.47. The molecular formula is C16H24N2O3. The predicted octanol–water partition coefficient (Wildman–Crippen LogP) is 1.96. The molecule has 0 spiro atoms. The number of methoxy groups -OCH3 is 1. The smallest absolute Gasteiger partial charge is 0.315 e. The number of aryl methyl sites for hydroxylation is 1. The molecule has 116 valence electrons. The molecule has 0 bridgehead atoms. The minimum atomic E-state index is -0.526. The maximum absolute atomic E-state index is 12.0. The van der Waals surface area contributed by atoms with Crippen LogP contribution < -0.4 is 15.4 Å². The molecule has 1 aliphatic carbocycles. The maximum atomic E-state index is 12.0. The molecule has 3 N–H and O–H groups in total. The minimum absolute atomic E-state index is 0.0427. The molecule has 1 aromatic carbocycles. The molecular weight excluding hydrogens is 268 g/mol. The molecule has 0 aromatic heterocycles. The lowest BCUT2D eigenvalue weighted by molar-refractivity contribution is 0.155. The molecule has 2 amide bonds. The van der Waals surface area contributed by atoms with Gasteiger partial charge >= 0.3 is 6.03 Å². The molecule has 1 fully saturated rings. The van der Waals surface area contributed by atoms with Gasteiger partial charge in [0.1, 0.15) is 5.75 Å². The zero-order valence-electron chi connectivity index (χ0n) is 12.9. The number of hydrogen-bond acceptors (Lipinski definition) is 3. The van der Waals surface area contributed by atoms with Crippen molar-refractivity contribution in [3.05, 3.63) is 29.3 Å². The second kappa shape index (κ2) is 6.35. The molecule has 5 nitrogen and oxygen atoms in total. The number of benzene rings is 1. The Labute approximate surface area is 125 Å². The number of nitrogens with one attached hydrogen (secondary N) is 2. The number of rotatable bonds is 6. The first-order valence-electron chi connectivity index (χ1n) is 7.29. The molecule has 2 rings (SSSR count). The molecule has 1 atom stereocenters. The Morgan fingerprint density at radius 2 is 2.19 bits per heavy atom. The molecule has 1 aliphatic rings. The van der Waals surface area contributed by atoms with Crippen molar-refractivity contribution < 1.29 is 14.6 Å². The van der Waals surface area contributed by atoms with Crippen molar-refractivity contribution in [1.29, 1.82) is 0 Å². The van der Waals surface area contributed by atoms with Crippen LogP contribution in [0.25, 0.3) is 0 Å². The summed E-state index contributed by atoms with van der Waals surface area (Å²) < 4.78 is 5.32. The van der Waals surface area contributed by atoms with E-state index in [1.54, 1.807) is 7.11 Å². The third kappa shape index (κ3) is 3.88. The fraction of sp³-hybridized carbons (Fsp3) is 0.562. The molecule has 0 saturated heterocycles. The first kappa shape index (κ1) is 15.6. The first-order valence-corrected chi connectivity index (χ1v) is 7.29. The van der Waals surface area contributed by atoms with E-state index in [0.717, 1.165) is 29.7 Å². The van der Waals surface area contributed by atoms with E-state index in [1.165, 1.54) is 0 Å². The van der Waals surface area contributed by atoms with Gasteiger partial charge in [-0.05, 0) is 44.2 Å². The zero-order chi connectivity index (χ0) is 15.5. The molecule has 1 saturated carbocycles. The minimum Gasteiger partial charge on any atom is -0.496 e. The van der Waals surface area contributed by atoms with E-state index in [2.05, 4.69) is 10.6 Å². The molecule has 0 heterocycles. The van der Waals surface area contributed by atoms with Crippen molar-refractivity contribution in [2.45, 2.75) is 38.8 Å². The fourth-order valence-electron chi connectivity index (χ4n) is 2.47. The number of ether oxygens (including phenoxy) is 1. The second-order valence-corrected chi connectivity index (χ2v) is 5.97. The standard InChI is InChI=1S/C16H24N2O3/c1-11-4-5-12(14(8-11)21-3)9-17-15(20)18-16(2,10-19)13-6-7-13/h4-5,8,13,19H,6-7,9-10H2,1-3H3,(H2,17,18,20). The van der Waals surface area contributed by atoms with Gasteiger partial charge in [-0.25, -0.2) is 4.79 Å². The molecule has 0 aliphatic heterocycles. The highest BCUT2D eigenvalue weighted by Gasteiger charge is 2.42. The lowest BCUT2D eigenvalue weighted by Crippen LogP contribution is -2.53. The number of aliphatic hydroxyl groups is 1. The summed E-state index contributed by atoms with van der Waals surface area (Å²) >= 11 is 0. The van der Waals surface area contributed by atoms with Crippen molar-refractivity contribution in [1.82, 2.24) is 10.6 Å². The number of carbonyl (C=O) groups excluding carboxylic acids is 1. The number of aliphatic hydroxyl groups excluding tert-OH is 1. The van der Waals surface area contributed by atoms with Gasteiger partial charge in [-0.3, -0.25) is 0 Å². The highest BCUT2D eigenvalue weighted by atomic mass is 16.5. The molecule has 21 heavy (non-hydrogen) atoms. The average Bonchev–Trinajstić information content (AvgIpc) is 3.30. The van der Waals surface area contributed by atoms with Crippen LogP contribution in [0.2, 0.25) is 0 Å². The van der Waals surface area contributed by atoms with Gasteiger partial charge in [0.15, 0.2) is 0 Å². The highest BCUT2D eigenvalue weighted by molar-refractivity contribution is 5.75. The van der Waals surface area contributed by atoms with Gasteiger partial charge in [0.25, 0.3) is 0 Å². The summed E-state index contributed by atoms with van der Waals surface area (Å²) in [4.78, 5) is 12.0. The number of hydrogen-bond donors (Lipinski definition) is 3. The average molecular weight is 292 g/mol. The SMILES string of the molecule is COc1cc(C)ccc1CNC(=O)NC(C)(CO)C1CC1. The van der Waals surface area contributed by atoms with Gasteiger partial charge in [0.05, 0.1) is 19.3 Å². The molecule has 1 unspecified atom stereocenters. The summed E-state index contributed by atoms with van der Waals surface area (Å²) in [6.45, 7) is 4.23. The third-order valence-corrected chi connectivity index (χ3v) is 4.09. The van der Waals surface area contributed by atoms with Gasteiger partial charge in [-0.2, -0.15) is 0 Å². The van der Waals surface area contributed by atoms with Crippen LogP contribution in [0.15, 0.2) is 18.2 Å². The quantitative estimate of drug-likeness (QED) is 0.750. The summed E-state index contributed by atoms with van der Waals surface area (Å²) in [5.41, 5.74) is 1.51. The highest BCUT2D eigenvalue weighted by Crippen LogP contribution is 2.39. The van der Waals surface area contributed by atoms with Crippen LogP contribution in [0.3, 0.4) is 0 Å². The predicted molar refractivity (Wildman–Crippen MR) is 81.3 cm³/mol. The van der Waals surface area contributed by atoms with E-state index < -0.39 is 5.54 Å².